The van der Waals surface area contributed by atoms with Gasteiger partial charge in [-0.2, -0.15) is 0 Å². The Morgan fingerprint density at radius 2 is 1.62 bits per heavy atom. The molecular formula is C19H20FNO5. The first-order valence-electron chi connectivity index (χ1n) is 8.14. The summed E-state index contributed by atoms with van der Waals surface area (Å²) < 4.78 is 29.1. The number of carbonyl (C=O) groups is 2. The van der Waals surface area contributed by atoms with E-state index in [0.717, 1.165) is 5.75 Å². The van der Waals surface area contributed by atoms with Crippen LogP contribution in [-0.4, -0.2) is 38.2 Å². The molecule has 7 heteroatoms. The maximum atomic E-state index is 13.4. The summed E-state index contributed by atoms with van der Waals surface area (Å²) in [6, 6.07) is 12.6. The number of amides is 1. The summed E-state index contributed by atoms with van der Waals surface area (Å²) in [4.78, 5) is 23.4. The molecule has 0 saturated heterocycles. The first kappa shape index (κ1) is 19.2. The van der Waals surface area contributed by atoms with Crippen LogP contribution >= 0.6 is 0 Å². The van der Waals surface area contributed by atoms with Gasteiger partial charge in [0.25, 0.3) is 5.91 Å². The van der Waals surface area contributed by atoms with E-state index in [2.05, 4.69) is 5.32 Å². The molecule has 2 rings (SSSR count). The van der Waals surface area contributed by atoms with E-state index in [1.54, 1.807) is 24.3 Å². The van der Waals surface area contributed by atoms with Gasteiger partial charge >= 0.3 is 5.97 Å². The van der Waals surface area contributed by atoms with Crippen LogP contribution in [0.1, 0.15) is 17.3 Å². The Labute approximate surface area is 150 Å². The van der Waals surface area contributed by atoms with Gasteiger partial charge in [-0.05, 0) is 43.3 Å². The van der Waals surface area contributed by atoms with Crippen LogP contribution in [0.25, 0.3) is 0 Å². The number of halogens is 1. The van der Waals surface area contributed by atoms with Gasteiger partial charge in [0.1, 0.15) is 37.1 Å². The molecule has 2 aromatic rings. The highest BCUT2D eigenvalue weighted by molar-refractivity contribution is 5.96. The van der Waals surface area contributed by atoms with Crippen molar-refractivity contribution in [3.8, 4) is 11.5 Å². The number of esters is 1. The molecule has 0 spiro atoms. The van der Waals surface area contributed by atoms with E-state index in [1.165, 1.54) is 24.3 Å². The second-order valence-corrected chi connectivity index (χ2v) is 5.14. The van der Waals surface area contributed by atoms with E-state index in [9.17, 15) is 14.0 Å². The Hall–Kier alpha value is -3.09. The van der Waals surface area contributed by atoms with Gasteiger partial charge < -0.3 is 19.5 Å². The van der Waals surface area contributed by atoms with E-state index in [-0.39, 0.29) is 25.3 Å². The molecule has 0 aliphatic rings. The second-order valence-electron chi connectivity index (χ2n) is 5.14. The zero-order valence-electron chi connectivity index (χ0n) is 14.4. The van der Waals surface area contributed by atoms with Crippen molar-refractivity contribution in [2.75, 3.05) is 26.4 Å². The van der Waals surface area contributed by atoms with Crippen LogP contribution in [0.5, 0.6) is 11.5 Å². The van der Waals surface area contributed by atoms with Crippen LogP contribution in [0, 0.1) is 5.82 Å². The van der Waals surface area contributed by atoms with Crippen LogP contribution < -0.4 is 14.8 Å². The smallest absolute Gasteiger partial charge is 0.325 e. The molecule has 0 atom stereocenters. The van der Waals surface area contributed by atoms with Crippen LogP contribution in [-0.2, 0) is 9.53 Å². The Morgan fingerprint density at radius 1 is 0.962 bits per heavy atom. The number of hydrogen-bond donors (Lipinski definition) is 1. The predicted octanol–water partition coefficient (Wildman–Crippen LogP) is 2.58. The Kier molecular flexibility index (Phi) is 7.42. The fourth-order valence-electron chi connectivity index (χ4n) is 2.06. The SMILES string of the molecule is CCOc1ccc(OCCOC(=O)CNC(=O)c2ccccc2F)cc1. The van der Waals surface area contributed by atoms with Crippen molar-refractivity contribution in [3.63, 3.8) is 0 Å². The van der Waals surface area contributed by atoms with Gasteiger partial charge in [-0.3, -0.25) is 9.59 Å². The van der Waals surface area contributed by atoms with Crippen LogP contribution in [0.3, 0.4) is 0 Å². The predicted molar refractivity (Wildman–Crippen MR) is 92.8 cm³/mol. The first-order valence-corrected chi connectivity index (χ1v) is 8.14. The molecule has 0 unspecified atom stereocenters. The Morgan fingerprint density at radius 3 is 2.27 bits per heavy atom. The number of rotatable bonds is 9. The Bertz CT molecular complexity index is 733. The maximum absolute atomic E-state index is 13.4. The monoisotopic (exact) mass is 361 g/mol. The lowest BCUT2D eigenvalue weighted by atomic mass is 10.2. The van der Waals surface area contributed by atoms with Crippen molar-refractivity contribution in [2.24, 2.45) is 0 Å². The molecule has 0 aliphatic heterocycles. The molecule has 26 heavy (non-hydrogen) atoms. The minimum absolute atomic E-state index is 0.0294. The molecule has 6 nitrogen and oxygen atoms in total. The van der Waals surface area contributed by atoms with Gasteiger partial charge in [0.05, 0.1) is 12.2 Å². The highest BCUT2D eigenvalue weighted by Crippen LogP contribution is 2.17. The molecule has 0 fully saturated rings. The van der Waals surface area contributed by atoms with Crippen molar-refractivity contribution in [1.82, 2.24) is 5.32 Å². The summed E-state index contributed by atoms with van der Waals surface area (Å²) in [6.07, 6.45) is 0. The third kappa shape index (κ3) is 6.08. The van der Waals surface area contributed by atoms with Gasteiger partial charge in [0.15, 0.2) is 0 Å². The van der Waals surface area contributed by atoms with Crippen molar-refractivity contribution in [2.45, 2.75) is 6.92 Å². The summed E-state index contributed by atoms with van der Waals surface area (Å²) in [7, 11) is 0. The third-order valence-electron chi connectivity index (χ3n) is 3.26. The molecule has 1 amide bonds. The number of nitrogens with one attached hydrogen (secondary N) is 1. The molecule has 1 N–H and O–H groups in total. The fraction of sp³-hybridized carbons (Fsp3) is 0.263. The average molecular weight is 361 g/mol. The average Bonchev–Trinajstić information content (AvgIpc) is 2.65. The summed E-state index contributed by atoms with van der Waals surface area (Å²) in [5.74, 6) is -0.591. The highest BCUT2D eigenvalue weighted by Gasteiger charge is 2.12. The topological polar surface area (TPSA) is 73.9 Å². The van der Waals surface area contributed by atoms with Gasteiger partial charge in [0, 0.05) is 0 Å². The van der Waals surface area contributed by atoms with E-state index >= 15 is 0 Å². The number of ether oxygens (including phenoxy) is 3. The van der Waals surface area contributed by atoms with Gasteiger partial charge in [-0.1, -0.05) is 12.1 Å². The van der Waals surface area contributed by atoms with E-state index in [0.29, 0.717) is 12.4 Å². The molecule has 2 aromatic carbocycles. The minimum Gasteiger partial charge on any atom is -0.494 e. The zero-order chi connectivity index (χ0) is 18.8. The fourth-order valence-corrected chi connectivity index (χ4v) is 2.06. The van der Waals surface area contributed by atoms with Gasteiger partial charge in [-0.15, -0.1) is 0 Å². The van der Waals surface area contributed by atoms with Crippen molar-refractivity contribution >= 4 is 11.9 Å². The molecule has 0 aromatic heterocycles. The maximum Gasteiger partial charge on any atom is 0.325 e. The standard InChI is InChI=1S/C19H20FNO5/c1-2-24-14-7-9-15(10-8-14)25-11-12-26-18(22)13-21-19(23)16-5-3-4-6-17(16)20/h3-10H,2,11-13H2,1H3,(H,21,23). The van der Waals surface area contributed by atoms with Crippen molar-refractivity contribution < 1.29 is 28.2 Å². The van der Waals surface area contributed by atoms with Gasteiger partial charge in [0.2, 0.25) is 0 Å². The molecule has 0 saturated carbocycles. The molecule has 138 valence electrons. The minimum atomic E-state index is -0.675. The lowest BCUT2D eigenvalue weighted by Gasteiger charge is -2.09. The number of carbonyl (C=O) groups excluding carboxylic acids is 2. The summed E-state index contributed by atoms with van der Waals surface area (Å²) in [5.41, 5.74) is -0.126. The quantitative estimate of drug-likeness (QED) is 0.549. The van der Waals surface area contributed by atoms with E-state index < -0.39 is 17.7 Å². The normalized spacial score (nSPS) is 10.1. The number of hydrogen-bond acceptors (Lipinski definition) is 5. The summed E-state index contributed by atoms with van der Waals surface area (Å²) in [6.45, 7) is 2.33. The number of benzene rings is 2. The lowest BCUT2D eigenvalue weighted by molar-refractivity contribution is -0.143. The molecule has 0 heterocycles. The van der Waals surface area contributed by atoms with E-state index in [4.69, 9.17) is 14.2 Å². The van der Waals surface area contributed by atoms with Crippen molar-refractivity contribution in [3.05, 3.63) is 59.9 Å². The van der Waals surface area contributed by atoms with Crippen molar-refractivity contribution in [1.29, 1.82) is 0 Å². The molecular weight excluding hydrogens is 341 g/mol. The highest BCUT2D eigenvalue weighted by atomic mass is 19.1. The lowest BCUT2D eigenvalue weighted by Crippen LogP contribution is -2.31. The second kappa shape index (κ2) is 10.0. The molecule has 0 bridgehead atoms. The third-order valence-corrected chi connectivity index (χ3v) is 3.26. The van der Waals surface area contributed by atoms with Crippen LogP contribution in [0.4, 0.5) is 4.39 Å². The zero-order valence-corrected chi connectivity index (χ0v) is 14.4. The van der Waals surface area contributed by atoms with Crippen LogP contribution in [0.2, 0.25) is 0 Å². The molecule has 0 radical (unpaired) electrons. The van der Waals surface area contributed by atoms with Gasteiger partial charge in [-0.25, -0.2) is 4.39 Å². The summed E-state index contributed by atoms with van der Waals surface area (Å²) in [5, 5.41) is 2.31. The molecule has 0 aliphatic carbocycles. The van der Waals surface area contributed by atoms with Crippen LogP contribution in [0.15, 0.2) is 48.5 Å². The largest absolute Gasteiger partial charge is 0.494 e. The Balaban J connectivity index is 1.64. The van der Waals surface area contributed by atoms with E-state index in [1.807, 2.05) is 6.92 Å². The first-order chi connectivity index (χ1) is 12.6. The summed E-state index contributed by atoms with van der Waals surface area (Å²) >= 11 is 0.